The molecule has 1 aromatic rings. The fourth-order valence-electron chi connectivity index (χ4n) is 2.06. The number of rotatable bonds is 4. The van der Waals surface area contributed by atoms with Crippen molar-refractivity contribution in [1.29, 1.82) is 0 Å². The number of amides is 1. The number of carbonyl (C=O) groups is 1. The molecule has 5 heteroatoms. The number of nitrogens with one attached hydrogen (secondary N) is 1. The summed E-state index contributed by atoms with van der Waals surface area (Å²) >= 11 is 6.15. The van der Waals surface area contributed by atoms with Crippen molar-refractivity contribution in [3.8, 4) is 5.75 Å². The summed E-state index contributed by atoms with van der Waals surface area (Å²) in [4.78, 5) is 11.5. The van der Waals surface area contributed by atoms with Crippen LogP contribution < -0.4 is 15.8 Å². The van der Waals surface area contributed by atoms with Crippen molar-refractivity contribution in [3.63, 3.8) is 0 Å². The molecule has 1 heterocycles. The maximum atomic E-state index is 11.5. The summed E-state index contributed by atoms with van der Waals surface area (Å²) in [6.07, 6.45) is 2.10. The zero-order valence-corrected chi connectivity index (χ0v) is 11.3. The molecule has 3 N–H and O–H groups in total. The van der Waals surface area contributed by atoms with Gasteiger partial charge in [0, 0.05) is 17.3 Å². The van der Waals surface area contributed by atoms with Crippen molar-refractivity contribution >= 4 is 23.2 Å². The summed E-state index contributed by atoms with van der Waals surface area (Å²) in [5.74, 6) is 0.380. The number of nitrogens with two attached hydrogens (primary N) is 1. The second-order valence-corrected chi connectivity index (χ2v) is 4.96. The molecule has 0 saturated carbocycles. The van der Waals surface area contributed by atoms with Gasteiger partial charge in [-0.3, -0.25) is 4.79 Å². The highest BCUT2D eigenvalue weighted by atomic mass is 35.5. The molecule has 0 radical (unpaired) electrons. The Kier molecular flexibility index (Phi) is 3.78. The first-order chi connectivity index (χ1) is 8.52. The lowest BCUT2D eigenvalue weighted by Gasteiger charge is -2.16. The van der Waals surface area contributed by atoms with Gasteiger partial charge < -0.3 is 15.8 Å². The molecular weight excluding hydrogens is 252 g/mol. The normalized spacial score (nSPS) is 19.3. The second-order valence-electron chi connectivity index (χ2n) is 4.55. The van der Waals surface area contributed by atoms with Gasteiger partial charge in [0.25, 0.3) is 0 Å². The van der Waals surface area contributed by atoms with E-state index in [0.29, 0.717) is 16.5 Å². The summed E-state index contributed by atoms with van der Waals surface area (Å²) in [5.41, 5.74) is 7.16. The molecule has 4 nitrogen and oxygen atoms in total. The monoisotopic (exact) mass is 268 g/mol. The van der Waals surface area contributed by atoms with Crippen molar-refractivity contribution in [3.05, 3.63) is 22.7 Å². The van der Waals surface area contributed by atoms with Gasteiger partial charge in [-0.1, -0.05) is 24.9 Å². The van der Waals surface area contributed by atoms with Crippen LogP contribution in [0.5, 0.6) is 5.75 Å². The second kappa shape index (κ2) is 5.16. The lowest BCUT2D eigenvalue weighted by molar-refractivity contribution is -0.116. The van der Waals surface area contributed by atoms with Crippen LogP contribution in [0.4, 0.5) is 5.69 Å². The van der Waals surface area contributed by atoms with Crippen LogP contribution in [0, 0.1) is 0 Å². The van der Waals surface area contributed by atoms with Gasteiger partial charge in [-0.05, 0) is 19.4 Å². The van der Waals surface area contributed by atoms with Crippen LogP contribution in [-0.4, -0.2) is 12.0 Å². The van der Waals surface area contributed by atoms with Gasteiger partial charge in [0.15, 0.2) is 0 Å². The summed E-state index contributed by atoms with van der Waals surface area (Å²) in [6.45, 7) is 4.10. The minimum atomic E-state index is -0.639. The Morgan fingerprint density at radius 2 is 2.28 bits per heavy atom. The Bertz CT molecular complexity index is 476. The number of fused-ring (bicyclic) bond motifs is 1. The molecule has 18 heavy (non-hydrogen) atoms. The van der Waals surface area contributed by atoms with Crippen molar-refractivity contribution in [2.75, 3.05) is 5.32 Å². The van der Waals surface area contributed by atoms with E-state index in [0.717, 1.165) is 18.4 Å². The van der Waals surface area contributed by atoms with Crippen molar-refractivity contribution in [1.82, 2.24) is 0 Å². The predicted molar refractivity (Wildman–Crippen MR) is 72.0 cm³/mol. The molecule has 98 valence electrons. The van der Waals surface area contributed by atoms with Crippen molar-refractivity contribution in [2.24, 2.45) is 5.73 Å². The van der Waals surface area contributed by atoms with Crippen molar-refractivity contribution in [2.45, 2.75) is 38.8 Å². The topological polar surface area (TPSA) is 64.3 Å². The van der Waals surface area contributed by atoms with E-state index >= 15 is 0 Å². The maximum absolute atomic E-state index is 11.5. The molecular formula is C13H17ClN2O2. The van der Waals surface area contributed by atoms with Gasteiger partial charge in [0.2, 0.25) is 5.91 Å². The van der Waals surface area contributed by atoms with Crippen LogP contribution in [0.1, 0.15) is 38.3 Å². The molecule has 0 saturated heterocycles. The average molecular weight is 269 g/mol. The Morgan fingerprint density at radius 3 is 2.94 bits per heavy atom. The SMILES string of the molecule is CCCC(C)Oc1cc2c(cc1Cl)C(N)C(=O)N2. The van der Waals surface area contributed by atoms with Crippen LogP contribution in [-0.2, 0) is 4.79 Å². The molecule has 0 aromatic heterocycles. The quantitative estimate of drug-likeness (QED) is 0.883. The molecule has 0 spiro atoms. The van der Waals surface area contributed by atoms with E-state index in [1.165, 1.54) is 0 Å². The Morgan fingerprint density at radius 1 is 1.56 bits per heavy atom. The number of hydrogen-bond acceptors (Lipinski definition) is 3. The van der Waals surface area contributed by atoms with Crippen LogP contribution >= 0.6 is 11.6 Å². The van der Waals surface area contributed by atoms with Crippen LogP contribution in [0.3, 0.4) is 0 Å². The number of benzene rings is 1. The number of hydrogen-bond donors (Lipinski definition) is 2. The molecule has 1 aromatic carbocycles. The highest BCUT2D eigenvalue weighted by molar-refractivity contribution is 6.32. The summed E-state index contributed by atoms with van der Waals surface area (Å²) < 4.78 is 5.76. The third-order valence-corrected chi connectivity index (χ3v) is 3.30. The van der Waals surface area contributed by atoms with E-state index in [1.54, 1.807) is 12.1 Å². The third kappa shape index (κ3) is 2.44. The average Bonchev–Trinajstić information content (AvgIpc) is 2.57. The van der Waals surface area contributed by atoms with Crippen LogP contribution in [0.25, 0.3) is 0 Å². The van der Waals surface area contributed by atoms with Gasteiger partial charge in [0.1, 0.15) is 11.8 Å². The molecule has 2 rings (SSSR count). The molecule has 2 atom stereocenters. The van der Waals surface area contributed by atoms with Crippen molar-refractivity contribution < 1.29 is 9.53 Å². The first-order valence-corrected chi connectivity index (χ1v) is 6.47. The number of halogens is 1. The van der Waals surface area contributed by atoms with Crippen LogP contribution in [0.15, 0.2) is 12.1 Å². The van der Waals surface area contributed by atoms with E-state index in [-0.39, 0.29) is 12.0 Å². The zero-order valence-electron chi connectivity index (χ0n) is 10.5. The largest absolute Gasteiger partial charge is 0.489 e. The first kappa shape index (κ1) is 13.2. The van der Waals surface area contributed by atoms with E-state index in [2.05, 4.69) is 12.2 Å². The Labute approximate surface area is 111 Å². The molecule has 1 aliphatic rings. The maximum Gasteiger partial charge on any atom is 0.245 e. The first-order valence-electron chi connectivity index (χ1n) is 6.09. The predicted octanol–water partition coefficient (Wildman–Crippen LogP) is 2.86. The smallest absolute Gasteiger partial charge is 0.245 e. The van der Waals surface area contributed by atoms with Gasteiger partial charge in [-0.25, -0.2) is 0 Å². The molecule has 0 fully saturated rings. The van der Waals surface area contributed by atoms with E-state index < -0.39 is 6.04 Å². The van der Waals surface area contributed by atoms with E-state index in [1.807, 2.05) is 6.92 Å². The fourth-order valence-corrected chi connectivity index (χ4v) is 2.28. The highest BCUT2D eigenvalue weighted by Crippen LogP contribution is 2.38. The highest BCUT2D eigenvalue weighted by Gasteiger charge is 2.28. The van der Waals surface area contributed by atoms with Gasteiger partial charge in [-0.2, -0.15) is 0 Å². The van der Waals surface area contributed by atoms with Gasteiger partial charge in [0.05, 0.1) is 11.1 Å². The van der Waals surface area contributed by atoms with E-state index in [4.69, 9.17) is 22.1 Å². The number of carbonyl (C=O) groups excluding carboxylic acids is 1. The zero-order chi connectivity index (χ0) is 13.3. The molecule has 1 aliphatic heterocycles. The summed E-state index contributed by atoms with van der Waals surface area (Å²) in [7, 11) is 0. The lowest BCUT2D eigenvalue weighted by Crippen LogP contribution is -2.19. The molecule has 2 unspecified atom stereocenters. The lowest BCUT2D eigenvalue weighted by atomic mass is 10.1. The minimum Gasteiger partial charge on any atom is -0.489 e. The Balaban J connectivity index is 2.24. The summed E-state index contributed by atoms with van der Waals surface area (Å²) in [6, 6.07) is 2.81. The molecule has 0 bridgehead atoms. The van der Waals surface area contributed by atoms with Gasteiger partial charge >= 0.3 is 0 Å². The number of anilines is 1. The van der Waals surface area contributed by atoms with Crippen LogP contribution in [0.2, 0.25) is 5.02 Å². The molecule has 1 amide bonds. The Hall–Kier alpha value is -1.26. The molecule has 0 aliphatic carbocycles. The number of ether oxygens (including phenoxy) is 1. The van der Waals surface area contributed by atoms with Gasteiger partial charge in [-0.15, -0.1) is 0 Å². The minimum absolute atomic E-state index is 0.0938. The third-order valence-electron chi connectivity index (χ3n) is 3.00. The van der Waals surface area contributed by atoms with E-state index in [9.17, 15) is 4.79 Å². The fraction of sp³-hybridized carbons (Fsp3) is 0.462. The summed E-state index contributed by atoms with van der Waals surface area (Å²) in [5, 5.41) is 3.21. The standard InChI is InChI=1S/C13H17ClN2O2/c1-3-4-7(2)18-11-6-10-8(5-9(11)14)12(15)13(17)16-10/h5-7,12H,3-4,15H2,1-2H3,(H,16,17).